The van der Waals surface area contributed by atoms with Crippen LogP contribution < -0.4 is 0 Å². The van der Waals surface area contributed by atoms with Crippen molar-refractivity contribution in [3.63, 3.8) is 0 Å². The highest BCUT2D eigenvalue weighted by molar-refractivity contribution is 5.71. The van der Waals surface area contributed by atoms with Crippen molar-refractivity contribution in [2.45, 2.75) is 400 Å². The zero-order valence-corrected chi connectivity index (χ0v) is 50.8. The van der Waals surface area contributed by atoms with E-state index in [1.54, 1.807) is 0 Å². The lowest BCUT2D eigenvalue weighted by Crippen LogP contribution is -2.30. The number of rotatable bonds is 63. The normalized spacial score (nSPS) is 12.3. The van der Waals surface area contributed by atoms with Gasteiger partial charge in [0, 0.05) is 19.3 Å². The monoisotopic (exact) mass is 1050 g/mol. The third-order valence-corrected chi connectivity index (χ3v) is 16.2. The Balaban J connectivity index is 4.28. The fraction of sp³-hybridized carbons (Fsp3) is 0.956. The predicted octanol–water partition coefficient (Wildman–Crippen LogP) is 22.9. The van der Waals surface area contributed by atoms with E-state index in [9.17, 15) is 14.4 Å². The molecular weight excluding hydrogens is 913 g/mol. The smallest absolute Gasteiger partial charge is 0.306 e. The lowest BCUT2D eigenvalue weighted by Gasteiger charge is -2.18. The molecule has 0 fully saturated rings. The number of ether oxygens (including phenoxy) is 3. The van der Waals surface area contributed by atoms with Gasteiger partial charge in [-0.25, -0.2) is 0 Å². The molecule has 0 rings (SSSR count). The highest BCUT2D eigenvalue weighted by Crippen LogP contribution is 2.20. The average Bonchev–Trinajstić information content (AvgIpc) is 3.40. The molecule has 0 heterocycles. The molecule has 2 atom stereocenters. The molecule has 0 aromatic carbocycles. The first kappa shape index (κ1) is 72.4. The summed E-state index contributed by atoms with van der Waals surface area (Å²) in [6.45, 7) is 9.14. The second-order valence-corrected chi connectivity index (χ2v) is 23.7. The van der Waals surface area contributed by atoms with Crippen molar-refractivity contribution < 1.29 is 28.6 Å². The highest BCUT2D eigenvalue weighted by atomic mass is 16.6. The molecule has 0 aromatic rings. The van der Waals surface area contributed by atoms with Crippen LogP contribution in [-0.4, -0.2) is 37.2 Å². The third-order valence-electron chi connectivity index (χ3n) is 16.2. The topological polar surface area (TPSA) is 78.9 Å². The summed E-state index contributed by atoms with van der Waals surface area (Å²) in [6, 6.07) is 0. The van der Waals surface area contributed by atoms with E-state index in [1.165, 1.54) is 289 Å². The Bertz CT molecular complexity index is 1120. The minimum atomic E-state index is -0.764. The van der Waals surface area contributed by atoms with Crippen LogP contribution in [0.2, 0.25) is 0 Å². The van der Waals surface area contributed by atoms with Gasteiger partial charge in [0.15, 0.2) is 6.10 Å². The molecule has 0 aliphatic rings. The first-order chi connectivity index (χ1) is 36.4. The van der Waals surface area contributed by atoms with Crippen LogP contribution in [0.1, 0.15) is 394 Å². The van der Waals surface area contributed by atoms with Gasteiger partial charge >= 0.3 is 17.9 Å². The molecule has 1 unspecified atom stereocenters. The van der Waals surface area contributed by atoms with Gasteiger partial charge in [-0.1, -0.05) is 355 Å². The third kappa shape index (κ3) is 59.7. The van der Waals surface area contributed by atoms with E-state index in [0.29, 0.717) is 19.3 Å². The SMILES string of the molecule is CCCCCCCCCCCCCCCCCCCCCC(=O)OC[C@@H](COC(=O)CCCCCCCCCCCCCCCCC(C)CC)OC(=O)CCCCCCCCCCCCCCCCCCCCC. The summed E-state index contributed by atoms with van der Waals surface area (Å²) in [6.07, 6.45) is 71.0. The molecule has 440 valence electrons. The van der Waals surface area contributed by atoms with E-state index in [2.05, 4.69) is 27.7 Å². The molecule has 0 amide bonds. The van der Waals surface area contributed by atoms with E-state index < -0.39 is 6.10 Å². The molecular formula is C68H132O6. The maximum absolute atomic E-state index is 12.9. The Morgan fingerprint density at radius 2 is 0.473 bits per heavy atom. The molecule has 0 aliphatic heterocycles. The van der Waals surface area contributed by atoms with Crippen LogP contribution in [0.5, 0.6) is 0 Å². The van der Waals surface area contributed by atoms with Gasteiger partial charge in [-0.2, -0.15) is 0 Å². The van der Waals surface area contributed by atoms with Gasteiger partial charge in [0.1, 0.15) is 13.2 Å². The largest absolute Gasteiger partial charge is 0.462 e. The van der Waals surface area contributed by atoms with Crippen LogP contribution in [0.25, 0.3) is 0 Å². The van der Waals surface area contributed by atoms with Gasteiger partial charge in [-0.05, 0) is 25.2 Å². The lowest BCUT2D eigenvalue weighted by atomic mass is 9.99. The first-order valence-corrected chi connectivity index (χ1v) is 33.9. The van der Waals surface area contributed by atoms with Gasteiger partial charge in [0.05, 0.1) is 0 Å². The standard InChI is InChI=1S/C68H132O6/c1-5-8-10-12-14-16-18-20-22-24-26-28-30-35-39-43-47-51-55-59-66(69)72-62-65(63-73-67(70)60-56-52-48-44-40-36-33-32-34-38-42-46-50-54-58-64(4)7-3)74-68(71)61-57-53-49-45-41-37-31-29-27-25-23-21-19-17-15-13-11-9-6-2/h64-65H,5-63H2,1-4H3/t64?,65-/m0/s1. The number of carbonyl (C=O) groups excluding carboxylic acids is 3. The van der Waals surface area contributed by atoms with Crippen molar-refractivity contribution in [2.75, 3.05) is 13.2 Å². The van der Waals surface area contributed by atoms with Crippen molar-refractivity contribution in [1.82, 2.24) is 0 Å². The number of hydrogen-bond donors (Lipinski definition) is 0. The van der Waals surface area contributed by atoms with Gasteiger partial charge in [-0.15, -0.1) is 0 Å². The van der Waals surface area contributed by atoms with Gasteiger partial charge in [0.2, 0.25) is 0 Å². The Morgan fingerprint density at radius 1 is 0.270 bits per heavy atom. The summed E-state index contributed by atoms with van der Waals surface area (Å²) in [5.41, 5.74) is 0. The van der Waals surface area contributed by atoms with E-state index in [1.807, 2.05) is 0 Å². The van der Waals surface area contributed by atoms with Gasteiger partial charge in [0.25, 0.3) is 0 Å². The van der Waals surface area contributed by atoms with E-state index in [-0.39, 0.29) is 31.1 Å². The van der Waals surface area contributed by atoms with E-state index in [4.69, 9.17) is 14.2 Å². The maximum atomic E-state index is 12.9. The Hall–Kier alpha value is -1.59. The summed E-state index contributed by atoms with van der Waals surface area (Å²) in [7, 11) is 0. The van der Waals surface area contributed by atoms with Crippen LogP contribution in [0.3, 0.4) is 0 Å². The van der Waals surface area contributed by atoms with Gasteiger partial charge in [-0.3, -0.25) is 14.4 Å². The van der Waals surface area contributed by atoms with Crippen molar-refractivity contribution in [3.8, 4) is 0 Å². The maximum Gasteiger partial charge on any atom is 0.306 e. The zero-order chi connectivity index (χ0) is 53.7. The molecule has 0 bridgehead atoms. The first-order valence-electron chi connectivity index (χ1n) is 33.9. The molecule has 74 heavy (non-hydrogen) atoms. The minimum Gasteiger partial charge on any atom is -0.462 e. The van der Waals surface area contributed by atoms with Crippen LogP contribution in [0.15, 0.2) is 0 Å². The Labute approximate surface area is 463 Å². The summed E-state index contributed by atoms with van der Waals surface area (Å²) in [5, 5.41) is 0. The van der Waals surface area contributed by atoms with E-state index >= 15 is 0 Å². The van der Waals surface area contributed by atoms with Crippen molar-refractivity contribution in [1.29, 1.82) is 0 Å². The summed E-state index contributed by atoms with van der Waals surface area (Å²) >= 11 is 0. The summed E-state index contributed by atoms with van der Waals surface area (Å²) in [4.78, 5) is 38.4. The molecule has 0 aromatic heterocycles. The van der Waals surface area contributed by atoms with Crippen LogP contribution in [-0.2, 0) is 28.6 Å². The van der Waals surface area contributed by atoms with Crippen LogP contribution in [0, 0.1) is 5.92 Å². The number of hydrogen-bond acceptors (Lipinski definition) is 6. The average molecular weight is 1050 g/mol. The fourth-order valence-corrected chi connectivity index (χ4v) is 10.7. The second kappa shape index (κ2) is 62.3. The number of esters is 3. The van der Waals surface area contributed by atoms with Crippen LogP contribution in [0.4, 0.5) is 0 Å². The Kier molecular flexibility index (Phi) is 60.9. The summed E-state index contributed by atoms with van der Waals surface area (Å²) < 4.78 is 17.0. The predicted molar refractivity (Wildman–Crippen MR) is 321 cm³/mol. The molecule has 0 radical (unpaired) electrons. The van der Waals surface area contributed by atoms with Crippen molar-refractivity contribution in [3.05, 3.63) is 0 Å². The van der Waals surface area contributed by atoms with Crippen LogP contribution >= 0.6 is 0 Å². The second-order valence-electron chi connectivity index (χ2n) is 23.7. The molecule has 6 heteroatoms. The molecule has 0 saturated heterocycles. The minimum absolute atomic E-state index is 0.0608. The molecule has 0 N–H and O–H groups in total. The molecule has 0 saturated carbocycles. The molecule has 0 aliphatic carbocycles. The van der Waals surface area contributed by atoms with Crippen molar-refractivity contribution >= 4 is 17.9 Å². The van der Waals surface area contributed by atoms with Crippen molar-refractivity contribution in [2.24, 2.45) is 5.92 Å². The molecule has 0 spiro atoms. The lowest BCUT2D eigenvalue weighted by molar-refractivity contribution is -0.167. The number of unbranched alkanes of at least 4 members (excludes halogenated alkanes) is 49. The fourth-order valence-electron chi connectivity index (χ4n) is 10.7. The quantitative estimate of drug-likeness (QED) is 0.0343. The molecule has 6 nitrogen and oxygen atoms in total. The van der Waals surface area contributed by atoms with E-state index in [0.717, 1.165) is 63.7 Å². The zero-order valence-electron chi connectivity index (χ0n) is 50.8. The number of carbonyl (C=O) groups is 3. The highest BCUT2D eigenvalue weighted by Gasteiger charge is 2.19. The van der Waals surface area contributed by atoms with Gasteiger partial charge < -0.3 is 14.2 Å². The Morgan fingerprint density at radius 3 is 0.703 bits per heavy atom. The summed E-state index contributed by atoms with van der Waals surface area (Å²) in [5.74, 6) is 0.0724.